The number of carbonyl (C=O) groups excluding carboxylic acids is 7. The Morgan fingerprint density at radius 2 is 0.821 bits per heavy atom. The largest absolute Gasteiger partial charge is 0.484 e. The lowest BCUT2D eigenvalue weighted by molar-refractivity contribution is -0.376. The highest BCUT2D eigenvalue weighted by molar-refractivity contribution is 8.00. The lowest BCUT2D eigenvalue weighted by Gasteiger charge is -2.48. The minimum Gasteiger partial charge on any atom is -0.484 e. The van der Waals surface area contributed by atoms with Crippen LogP contribution in [0.25, 0.3) is 0 Å². The number of hydrogen-bond donors (Lipinski definition) is 26. The molecule has 9 rings (SSSR count). The fraction of sp³-hybridized carbons (Fsp3) is 0.812. The number of nitrogens with one attached hydrogen (secondary N) is 8. The van der Waals surface area contributed by atoms with E-state index in [2.05, 4.69) is 42.5 Å². The predicted molar refractivity (Wildman–Crippen MR) is 385 cm³/mol. The van der Waals surface area contributed by atoms with E-state index in [0.717, 1.165) is 32.4 Å². The minimum atomic E-state index is -2.06. The number of unbranched alkanes of at least 4 members (excludes halogenated alkanes) is 1. The summed E-state index contributed by atoms with van der Waals surface area (Å²) in [4.78, 5) is 89.8. The Labute approximate surface area is 672 Å². The Hall–Kier alpha value is -5.94. The molecule has 117 heavy (non-hydrogen) atoms. The number of hydrogen-bond acceptors (Lipinski definition) is 40. The summed E-state index contributed by atoms with van der Waals surface area (Å²) < 4.78 is 80.2. The van der Waals surface area contributed by atoms with Crippen molar-refractivity contribution in [2.24, 2.45) is 0 Å². The van der Waals surface area contributed by atoms with Crippen molar-refractivity contribution in [2.45, 2.75) is 254 Å². The van der Waals surface area contributed by atoms with Gasteiger partial charge in [-0.3, -0.25) is 28.8 Å². The third-order valence-corrected chi connectivity index (χ3v) is 22.0. The molecular weight excluding hydrogens is 1600 g/mol. The maximum atomic E-state index is 13.7. The topological polar surface area (TPSA) is 709 Å². The fourth-order valence-corrected chi connectivity index (χ4v) is 15.8. The van der Waals surface area contributed by atoms with Gasteiger partial charge in [0.05, 0.1) is 64.9 Å². The molecule has 47 nitrogen and oxygen atoms in total. The van der Waals surface area contributed by atoms with E-state index >= 15 is 0 Å². The predicted octanol–water partition coefficient (Wildman–Crippen LogP) is -13.8. The van der Waals surface area contributed by atoms with Crippen LogP contribution in [0.3, 0.4) is 0 Å². The van der Waals surface area contributed by atoms with Crippen molar-refractivity contribution in [1.82, 2.24) is 42.5 Å². The molecule has 0 aromatic heterocycles. The first-order valence-corrected chi connectivity index (χ1v) is 39.3. The van der Waals surface area contributed by atoms with Crippen molar-refractivity contribution in [3.8, 4) is 11.5 Å². The molecule has 33 atom stereocenters. The average molecular weight is 1710 g/mol. The first kappa shape index (κ1) is 94.9. The van der Waals surface area contributed by atoms with Gasteiger partial charge < -0.3 is 201 Å². The number of amides is 8. The zero-order valence-electron chi connectivity index (χ0n) is 63.7. The van der Waals surface area contributed by atoms with Gasteiger partial charge in [-0.15, -0.1) is 0 Å². The molecule has 8 aliphatic heterocycles. The number of aliphatic hydroxyl groups excluding tert-OH is 18. The molecule has 1 aromatic rings. The summed E-state index contributed by atoms with van der Waals surface area (Å²) in [6, 6.07) is 0.823. The summed E-state index contributed by atoms with van der Waals surface area (Å²) in [7, 11) is 0. The molecule has 0 radical (unpaired) electrons. The molecular formula is C69H110N8O39S. The van der Waals surface area contributed by atoms with E-state index < -0.39 is 267 Å². The Bertz CT molecular complexity index is 3170. The van der Waals surface area contributed by atoms with Gasteiger partial charge in [0.25, 0.3) is 17.7 Å². The lowest BCUT2D eigenvalue weighted by Crippen LogP contribution is -2.68. The maximum Gasteiger partial charge on any atom is 0.315 e. The van der Waals surface area contributed by atoms with Crippen LogP contribution >= 0.6 is 11.8 Å². The minimum absolute atomic E-state index is 0.0341. The van der Waals surface area contributed by atoms with E-state index in [4.69, 9.17) is 66.3 Å². The molecule has 0 unspecified atom stereocenters. The summed E-state index contributed by atoms with van der Waals surface area (Å²) in [6.45, 7) is -5.07. The molecule has 8 amide bonds. The molecule has 1 aromatic carbocycles. The smallest absolute Gasteiger partial charge is 0.315 e. The van der Waals surface area contributed by atoms with Gasteiger partial charge in [0.2, 0.25) is 17.7 Å². The number of urea groups is 1. The molecule has 26 N–H and O–H groups in total. The van der Waals surface area contributed by atoms with Crippen LogP contribution in [-0.2, 0) is 80.8 Å². The van der Waals surface area contributed by atoms with Crippen molar-refractivity contribution >= 4 is 53.2 Å². The molecule has 0 aliphatic carbocycles. The Kier molecular flexibility index (Phi) is 36.7. The molecule has 8 heterocycles. The van der Waals surface area contributed by atoms with Crippen LogP contribution < -0.4 is 52.0 Å². The van der Waals surface area contributed by atoms with Gasteiger partial charge in [-0.2, -0.15) is 11.8 Å². The summed E-state index contributed by atoms with van der Waals surface area (Å²) in [5, 5.41) is 213. The lowest BCUT2D eigenvalue weighted by atomic mass is 9.95. The number of fused-ring (bicyclic) bond motifs is 1. The van der Waals surface area contributed by atoms with E-state index in [1.807, 2.05) is 0 Å². The highest BCUT2D eigenvalue weighted by Crippen LogP contribution is 2.38. The monoisotopic (exact) mass is 1710 g/mol. The van der Waals surface area contributed by atoms with Gasteiger partial charge in [-0.05, 0) is 37.8 Å². The first-order chi connectivity index (χ1) is 55.9. The molecule has 8 fully saturated rings. The van der Waals surface area contributed by atoms with Crippen LogP contribution in [0.1, 0.15) is 62.7 Å². The van der Waals surface area contributed by atoms with Crippen LogP contribution in [0, 0.1) is 0 Å². The fourth-order valence-electron chi connectivity index (χ4n) is 14.3. The zero-order chi connectivity index (χ0) is 85.1. The summed E-state index contributed by atoms with van der Waals surface area (Å²) in [5.74, 6) is -3.11. The molecule has 8 aliphatic rings. The second-order valence-corrected chi connectivity index (χ2v) is 30.3. The molecule has 666 valence electrons. The summed E-state index contributed by atoms with van der Waals surface area (Å²) in [6.07, 6.45) is -47.3. The Morgan fingerprint density at radius 3 is 1.25 bits per heavy atom. The number of ether oxygens (including phenoxy) is 14. The number of benzene rings is 1. The highest BCUT2D eigenvalue weighted by Gasteiger charge is 2.57. The average Bonchev–Trinajstić information content (AvgIpc) is 1.66. The van der Waals surface area contributed by atoms with Crippen molar-refractivity contribution in [3.63, 3.8) is 0 Å². The van der Waals surface area contributed by atoms with Gasteiger partial charge in [0.1, 0.15) is 158 Å². The SMILES string of the molecule is CC(=O)N[C@H]1[C@H](OCCCNC(=O)COc2cc(OCC(=O)NCCCO[C@@H]3O[C@H](CO)[C@@H](O[C@@H]4O[C@H](CO)[C@H](O)[C@H](O[C@H]5O[C@H](CO)[C@H](O)[C@H](O)[C@H]5O)[C@H]4O)[C@H](O)[C@H]3NC(C)=O)cc(C(=O)NCCNC(=O)CCCC[C@@H]3SC[C@@H]4NC(=O)N[C@@H]43)c2)O[C@H](CO)[C@@H](O[C@@H]2O[C@H](CO)[C@H](O)[C@H](O[C@H]3O[C@H](CO)[C@H](O)[C@H](O)[C@H]3O)[C@H]2O)[C@@H]1O. The van der Waals surface area contributed by atoms with Gasteiger partial charge in [0, 0.05) is 69.1 Å². The molecule has 8 saturated heterocycles. The van der Waals surface area contributed by atoms with Crippen molar-refractivity contribution in [1.29, 1.82) is 0 Å². The standard InChI is InChI=1S/C69H110N8O39S/c1-27(84)74-44-50(93)58(113-67-56(99)60(48(91)35(20-80)109-67)115-65-54(97)52(95)46(89)33(18-78)107-65)37(22-82)111-63(44)103-13-5-9-70-41(87)24-105-30-15-29(62(101)73-12-11-72-40(86)8-4-3-7-39-43-32(26-117-39)76-69(102)77-43)16-31(17-30)106-25-42(88)71-10-6-14-104-64-45(75-28(2)85)51(94)59(38(23-83)112-64)114-68-57(100)61(49(92)36(21-81)110-68)116-66-55(98)53(96)47(90)34(19-79)108-66/h15-17,32-39,43-61,63-68,78-83,89-100H,3-14,18-26H2,1-2H3,(H,70,87)(H,71,88)(H,72,86)(H,73,101)(H,74,84)(H,75,85)(H2,76,77,102)/t32-,33+,34+,35+,36+,37+,38+,39-,43-,44+,45+,46-,47-,48-,49-,50+,51+,52-,53-,54+,55+,56+,57+,58+,59+,60-,61-,63+,64+,65+,66+,67-,68-/m0/s1. The van der Waals surface area contributed by atoms with Gasteiger partial charge >= 0.3 is 6.03 Å². The van der Waals surface area contributed by atoms with E-state index in [0.29, 0.717) is 6.42 Å². The van der Waals surface area contributed by atoms with Gasteiger partial charge in [0.15, 0.2) is 51.0 Å². The zero-order valence-corrected chi connectivity index (χ0v) is 64.5. The second-order valence-electron chi connectivity index (χ2n) is 29.0. The third-order valence-electron chi connectivity index (χ3n) is 20.5. The molecule has 0 spiro atoms. The van der Waals surface area contributed by atoms with Crippen LogP contribution in [0.15, 0.2) is 18.2 Å². The molecule has 48 heteroatoms. The first-order valence-electron chi connectivity index (χ1n) is 38.2. The quantitative estimate of drug-likeness (QED) is 0.0214. The maximum absolute atomic E-state index is 13.7. The van der Waals surface area contributed by atoms with Gasteiger partial charge in [-0.25, -0.2) is 4.79 Å². The highest BCUT2D eigenvalue weighted by atomic mass is 32.2. The van der Waals surface area contributed by atoms with Gasteiger partial charge in [-0.1, -0.05) is 6.42 Å². The number of aliphatic hydroxyl groups is 18. The number of rotatable bonds is 41. The van der Waals surface area contributed by atoms with Crippen molar-refractivity contribution < 1.29 is 192 Å². The molecule has 0 bridgehead atoms. The Morgan fingerprint density at radius 1 is 0.427 bits per heavy atom. The summed E-state index contributed by atoms with van der Waals surface area (Å²) in [5.41, 5.74) is -0.0700. The Balaban J connectivity index is 0.757. The number of carbonyl (C=O) groups is 7. The van der Waals surface area contributed by atoms with E-state index in [1.165, 1.54) is 18.2 Å². The van der Waals surface area contributed by atoms with Crippen molar-refractivity contribution in [2.75, 3.05) is 98.0 Å². The third kappa shape index (κ3) is 24.9. The summed E-state index contributed by atoms with van der Waals surface area (Å²) >= 11 is 1.77. The van der Waals surface area contributed by atoms with E-state index in [-0.39, 0.29) is 105 Å². The normalized spacial score (nSPS) is 38.1. The van der Waals surface area contributed by atoms with Crippen LogP contribution in [0.2, 0.25) is 0 Å². The molecule has 0 saturated carbocycles. The van der Waals surface area contributed by atoms with Crippen LogP contribution in [-0.4, -0.2) is 433 Å². The van der Waals surface area contributed by atoms with E-state index in [1.54, 1.807) is 11.8 Å². The van der Waals surface area contributed by atoms with E-state index in [9.17, 15) is 125 Å². The van der Waals surface area contributed by atoms with Crippen LogP contribution in [0.4, 0.5) is 4.79 Å². The second kappa shape index (κ2) is 45.3. The van der Waals surface area contributed by atoms with Crippen LogP contribution in [0.5, 0.6) is 11.5 Å². The number of thioether (sulfide) groups is 1. The van der Waals surface area contributed by atoms with Crippen molar-refractivity contribution in [3.05, 3.63) is 23.8 Å².